The monoisotopic (exact) mass is 330 g/mol. The van der Waals surface area contributed by atoms with Crippen LogP contribution in [-0.2, 0) is 9.59 Å². The maximum atomic E-state index is 13.3. The summed E-state index contributed by atoms with van der Waals surface area (Å²) < 4.78 is 26.3. The van der Waals surface area contributed by atoms with Crippen molar-refractivity contribution in [1.82, 2.24) is 0 Å². The number of anilines is 2. The lowest BCUT2D eigenvalue weighted by atomic mass is 10.1. The smallest absolute Gasteiger partial charge is 0.256 e. The third-order valence-corrected chi connectivity index (χ3v) is 4.07. The average molecular weight is 330 g/mol. The van der Waals surface area contributed by atoms with E-state index in [9.17, 15) is 18.4 Å². The zero-order valence-electron chi connectivity index (χ0n) is 13.3. The van der Waals surface area contributed by atoms with Crippen LogP contribution in [-0.4, -0.2) is 17.9 Å². The summed E-state index contributed by atoms with van der Waals surface area (Å²) in [4.78, 5) is 26.2. The molecule has 1 saturated heterocycles. The molecule has 1 atom stereocenters. The van der Waals surface area contributed by atoms with Crippen molar-refractivity contribution in [3.05, 3.63) is 59.2 Å². The van der Waals surface area contributed by atoms with Crippen LogP contribution in [0.2, 0.25) is 0 Å². The number of para-hydroxylation sites is 1. The maximum absolute atomic E-state index is 13.3. The van der Waals surface area contributed by atoms with Gasteiger partial charge >= 0.3 is 0 Å². The lowest BCUT2D eigenvalue weighted by Crippen LogP contribution is -2.35. The molecular weight excluding hydrogens is 314 g/mol. The van der Waals surface area contributed by atoms with Gasteiger partial charge in [0.2, 0.25) is 5.91 Å². The standard InChI is InChI=1S/C18H16F2N2O2/c1-10-4-3-5-11(2)17(10)22-16(23)9-15(18(22)24)21-12-6-7-13(19)14(20)8-12/h3-8,15,21H,9H2,1-2H3. The average Bonchev–Trinajstić information content (AvgIpc) is 2.78. The van der Waals surface area contributed by atoms with Crippen LogP contribution < -0.4 is 10.2 Å². The first-order valence-corrected chi connectivity index (χ1v) is 7.53. The second-order valence-corrected chi connectivity index (χ2v) is 5.84. The van der Waals surface area contributed by atoms with E-state index in [1.165, 1.54) is 11.0 Å². The van der Waals surface area contributed by atoms with Crippen LogP contribution in [0.15, 0.2) is 36.4 Å². The van der Waals surface area contributed by atoms with E-state index in [4.69, 9.17) is 0 Å². The first kappa shape index (κ1) is 16.1. The van der Waals surface area contributed by atoms with Gasteiger partial charge in [-0.05, 0) is 37.1 Å². The Kier molecular flexibility index (Phi) is 4.05. The fourth-order valence-electron chi connectivity index (χ4n) is 2.93. The van der Waals surface area contributed by atoms with Crippen molar-refractivity contribution in [1.29, 1.82) is 0 Å². The number of nitrogens with zero attached hydrogens (tertiary/aromatic N) is 1. The van der Waals surface area contributed by atoms with E-state index in [1.807, 2.05) is 32.0 Å². The Morgan fingerprint density at radius 2 is 1.71 bits per heavy atom. The SMILES string of the molecule is Cc1cccc(C)c1N1C(=O)CC(Nc2ccc(F)c(F)c2)C1=O. The first-order chi connectivity index (χ1) is 11.4. The van der Waals surface area contributed by atoms with Gasteiger partial charge in [-0.25, -0.2) is 13.7 Å². The van der Waals surface area contributed by atoms with Crippen LogP contribution in [0.4, 0.5) is 20.2 Å². The normalized spacial score (nSPS) is 17.5. The highest BCUT2D eigenvalue weighted by molar-refractivity contribution is 6.23. The molecule has 6 heteroatoms. The Morgan fingerprint density at radius 1 is 1.04 bits per heavy atom. The van der Waals surface area contributed by atoms with Crippen molar-refractivity contribution < 1.29 is 18.4 Å². The van der Waals surface area contributed by atoms with Gasteiger partial charge in [0.25, 0.3) is 5.91 Å². The number of aryl methyl sites for hydroxylation is 2. The Labute approximate surface area is 138 Å². The molecule has 1 N–H and O–H groups in total. The van der Waals surface area contributed by atoms with E-state index < -0.39 is 23.6 Å². The van der Waals surface area contributed by atoms with E-state index >= 15 is 0 Å². The maximum Gasteiger partial charge on any atom is 0.256 e. The largest absolute Gasteiger partial charge is 0.373 e. The summed E-state index contributed by atoms with van der Waals surface area (Å²) in [6.45, 7) is 3.66. The van der Waals surface area contributed by atoms with Crippen molar-refractivity contribution in [3.8, 4) is 0 Å². The number of halogens is 2. The van der Waals surface area contributed by atoms with E-state index in [-0.39, 0.29) is 18.0 Å². The van der Waals surface area contributed by atoms with Gasteiger partial charge in [0.1, 0.15) is 6.04 Å². The molecule has 4 nitrogen and oxygen atoms in total. The molecule has 0 spiro atoms. The van der Waals surface area contributed by atoms with Crippen LogP contribution in [0.3, 0.4) is 0 Å². The molecule has 0 aromatic heterocycles. The fourth-order valence-corrected chi connectivity index (χ4v) is 2.93. The number of carbonyl (C=O) groups excluding carboxylic acids is 2. The summed E-state index contributed by atoms with van der Waals surface area (Å²) in [6, 6.07) is 7.99. The number of benzene rings is 2. The molecule has 1 unspecified atom stereocenters. The molecule has 1 aliphatic heterocycles. The molecule has 0 aliphatic carbocycles. The summed E-state index contributed by atoms with van der Waals surface area (Å²) in [6.07, 6.45) is -0.0361. The van der Waals surface area contributed by atoms with Crippen LogP contribution >= 0.6 is 0 Å². The van der Waals surface area contributed by atoms with Crippen molar-refractivity contribution in [3.63, 3.8) is 0 Å². The quantitative estimate of drug-likeness (QED) is 0.878. The van der Waals surface area contributed by atoms with Gasteiger partial charge in [0.05, 0.1) is 12.1 Å². The van der Waals surface area contributed by atoms with Gasteiger partial charge < -0.3 is 5.32 Å². The van der Waals surface area contributed by atoms with Gasteiger partial charge in [0, 0.05) is 11.8 Å². The molecule has 1 heterocycles. The third-order valence-electron chi connectivity index (χ3n) is 4.07. The fraction of sp³-hybridized carbons (Fsp3) is 0.222. The van der Waals surface area contributed by atoms with Gasteiger partial charge in [-0.2, -0.15) is 0 Å². The summed E-state index contributed by atoms with van der Waals surface area (Å²) in [5.41, 5.74) is 2.49. The number of carbonyl (C=O) groups is 2. The Morgan fingerprint density at radius 3 is 2.33 bits per heavy atom. The highest BCUT2D eigenvalue weighted by Gasteiger charge is 2.40. The number of hydrogen-bond acceptors (Lipinski definition) is 3. The first-order valence-electron chi connectivity index (χ1n) is 7.53. The van der Waals surface area contributed by atoms with Crippen molar-refractivity contribution in [2.45, 2.75) is 26.3 Å². The minimum atomic E-state index is -1.01. The Hall–Kier alpha value is -2.76. The number of imide groups is 1. The number of rotatable bonds is 3. The lowest BCUT2D eigenvalue weighted by molar-refractivity contribution is -0.121. The molecule has 24 heavy (non-hydrogen) atoms. The van der Waals surface area contributed by atoms with E-state index in [0.29, 0.717) is 5.69 Å². The van der Waals surface area contributed by atoms with E-state index in [0.717, 1.165) is 23.3 Å². The summed E-state index contributed by atoms with van der Waals surface area (Å²) in [5, 5.41) is 2.81. The van der Waals surface area contributed by atoms with E-state index in [2.05, 4.69) is 5.32 Å². The molecule has 2 aromatic carbocycles. The molecule has 2 amide bonds. The molecule has 0 saturated carbocycles. The molecule has 2 aromatic rings. The van der Waals surface area contributed by atoms with Gasteiger partial charge in [-0.15, -0.1) is 0 Å². The highest BCUT2D eigenvalue weighted by atomic mass is 19.2. The molecule has 1 aliphatic rings. The molecule has 1 fully saturated rings. The zero-order valence-corrected chi connectivity index (χ0v) is 13.3. The third kappa shape index (κ3) is 2.75. The molecule has 0 bridgehead atoms. The van der Waals surface area contributed by atoms with Crippen LogP contribution in [0.25, 0.3) is 0 Å². The van der Waals surface area contributed by atoms with Crippen molar-refractivity contribution >= 4 is 23.2 Å². The molecule has 0 radical (unpaired) electrons. The lowest BCUT2D eigenvalue weighted by Gasteiger charge is -2.20. The van der Waals surface area contributed by atoms with Crippen LogP contribution in [0.5, 0.6) is 0 Å². The minimum absolute atomic E-state index is 0.0361. The Balaban J connectivity index is 1.88. The second kappa shape index (κ2) is 6.03. The van der Waals surface area contributed by atoms with Crippen LogP contribution in [0.1, 0.15) is 17.5 Å². The Bertz CT molecular complexity index is 816. The minimum Gasteiger partial charge on any atom is -0.373 e. The summed E-state index contributed by atoms with van der Waals surface area (Å²) >= 11 is 0. The molecule has 124 valence electrons. The van der Waals surface area contributed by atoms with Crippen LogP contribution in [0, 0.1) is 25.5 Å². The van der Waals surface area contributed by atoms with Gasteiger partial charge in [-0.1, -0.05) is 18.2 Å². The van der Waals surface area contributed by atoms with E-state index in [1.54, 1.807) is 0 Å². The topological polar surface area (TPSA) is 49.4 Å². The van der Waals surface area contributed by atoms with Gasteiger partial charge in [0.15, 0.2) is 11.6 Å². The summed E-state index contributed by atoms with van der Waals surface area (Å²) in [7, 11) is 0. The van der Waals surface area contributed by atoms with Crippen molar-refractivity contribution in [2.24, 2.45) is 0 Å². The predicted molar refractivity (Wildman–Crippen MR) is 86.8 cm³/mol. The second-order valence-electron chi connectivity index (χ2n) is 5.84. The summed E-state index contributed by atoms with van der Waals surface area (Å²) in [5.74, 6) is -2.70. The van der Waals surface area contributed by atoms with Crippen molar-refractivity contribution in [2.75, 3.05) is 10.2 Å². The predicted octanol–water partition coefficient (Wildman–Crippen LogP) is 3.33. The van der Waals surface area contributed by atoms with Gasteiger partial charge in [-0.3, -0.25) is 9.59 Å². The molecular formula is C18H16F2N2O2. The zero-order chi connectivity index (χ0) is 17.4. The molecule has 3 rings (SSSR count). The highest BCUT2D eigenvalue weighted by Crippen LogP contribution is 2.30. The number of hydrogen-bond donors (Lipinski definition) is 1. The number of nitrogens with one attached hydrogen (secondary N) is 1. The number of amides is 2.